The molecule has 0 saturated carbocycles. The molecule has 0 radical (unpaired) electrons. The van der Waals surface area contributed by atoms with Crippen molar-refractivity contribution in [2.45, 2.75) is 51.7 Å². The van der Waals surface area contributed by atoms with E-state index < -0.39 is 10.0 Å². The summed E-state index contributed by atoms with van der Waals surface area (Å²) in [5.74, 6) is -0.331. The van der Waals surface area contributed by atoms with E-state index in [0.717, 1.165) is 16.7 Å². The number of hydrogen-bond donors (Lipinski definition) is 1. The van der Waals surface area contributed by atoms with Crippen molar-refractivity contribution in [3.8, 4) is 0 Å². The second kappa shape index (κ2) is 11.2. The number of carbonyl (C=O) groups excluding carboxylic acids is 1. The molecule has 0 fully saturated rings. The van der Waals surface area contributed by atoms with E-state index >= 15 is 0 Å². The van der Waals surface area contributed by atoms with Crippen LogP contribution in [-0.2, 0) is 26.1 Å². The van der Waals surface area contributed by atoms with Crippen LogP contribution in [0, 0.1) is 13.8 Å². The number of nitrogens with zero attached hydrogens (tertiary/aromatic N) is 1. The van der Waals surface area contributed by atoms with Gasteiger partial charge in [0, 0.05) is 19.7 Å². The summed E-state index contributed by atoms with van der Waals surface area (Å²) >= 11 is 0. The van der Waals surface area contributed by atoms with E-state index in [1.807, 2.05) is 52.0 Å². The molecule has 0 atom stereocenters. The predicted molar refractivity (Wildman–Crippen MR) is 119 cm³/mol. The van der Waals surface area contributed by atoms with E-state index in [-0.39, 0.29) is 30.0 Å². The Morgan fingerprint density at radius 3 is 2.13 bits per heavy atom. The molecule has 0 saturated heterocycles. The Balaban J connectivity index is 2.11. The Bertz CT molecular complexity index is 907. The van der Waals surface area contributed by atoms with Crippen LogP contribution in [0.3, 0.4) is 0 Å². The van der Waals surface area contributed by atoms with Gasteiger partial charge >= 0.3 is 0 Å². The number of benzene rings is 2. The van der Waals surface area contributed by atoms with E-state index in [4.69, 9.17) is 4.74 Å². The molecule has 30 heavy (non-hydrogen) atoms. The molecule has 164 valence electrons. The number of aryl methyl sites for hydroxylation is 2. The van der Waals surface area contributed by atoms with Crippen LogP contribution in [0.4, 0.5) is 0 Å². The lowest BCUT2D eigenvalue weighted by atomic mass is 10.1. The predicted octanol–water partition coefficient (Wildman–Crippen LogP) is 3.43. The molecule has 0 aliphatic heterocycles. The minimum Gasteiger partial charge on any atom is -0.379 e. The normalized spacial score (nSPS) is 11.8. The summed E-state index contributed by atoms with van der Waals surface area (Å²) in [4.78, 5) is 12.6. The molecular weight excluding hydrogens is 400 g/mol. The summed E-state index contributed by atoms with van der Waals surface area (Å²) < 4.78 is 33.1. The highest BCUT2D eigenvalue weighted by atomic mass is 32.2. The smallest absolute Gasteiger partial charge is 0.243 e. The SMILES string of the molecule is Cc1ccc(CN(CC(=O)NCCCOC(C)C)S(=O)(=O)c2ccc(C)cc2)cc1. The van der Waals surface area contributed by atoms with E-state index in [1.165, 1.54) is 4.31 Å². The zero-order valence-corrected chi connectivity index (χ0v) is 19.0. The topological polar surface area (TPSA) is 75.7 Å². The lowest BCUT2D eigenvalue weighted by molar-refractivity contribution is -0.121. The molecule has 0 aliphatic rings. The van der Waals surface area contributed by atoms with Gasteiger partial charge in [-0.1, -0.05) is 47.5 Å². The van der Waals surface area contributed by atoms with Crippen LogP contribution in [0.2, 0.25) is 0 Å². The summed E-state index contributed by atoms with van der Waals surface area (Å²) in [5.41, 5.74) is 2.89. The molecule has 1 N–H and O–H groups in total. The minimum absolute atomic E-state index is 0.125. The first-order valence-corrected chi connectivity index (χ1v) is 11.6. The van der Waals surface area contributed by atoms with Gasteiger partial charge in [-0.2, -0.15) is 4.31 Å². The molecular formula is C23H32N2O4S. The Kier molecular flexibility index (Phi) is 9.02. The molecule has 1 amide bonds. The number of rotatable bonds is 11. The lowest BCUT2D eigenvalue weighted by Gasteiger charge is -2.22. The average molecular weight is 433 g/mol. The summed E-state index contributed by atoms with van der Waals surface area (Å²) in [6, 6.07) is 14.3. The first-order chi connectivity index (χ1) is 14.2. The van der Waals surface area contributed by atoms with Crippen molar-refractivity contribution >= 4 is 15.9 Å². The molecule has 0 bridgehead atoms. The van der Waals surface area contributed by atoms with Gasteiger partial charge in [0.05, 0.1) is 17.5 Å². The first kappa shape index (κ1) is 24.1. The van der Waals surface area contributed by atoms with Crippen molar-refractivity contribution < 1.29 is 17.9 Å². The Morgan fingerprint density at radius 1 is 1.00 bits per heavy atom. The molecule has 0 aliphatic carbocycles. The number of hydrogen-bond acceptors (Lipinski definition) is 4. The quantitative estimate of drug-likeness (QED) is 0.552. The van der Waals surface area contributed by atoms with Crippen molar-refractivity contribution in [2.75, 3.05) is 19.7 Å². The second-order valence-corrected chi connectivity index (χ2v) is 9.63. The van der Waals surface area contributed by atoms with Crippen LogP contribution >= 0.6 is 0 Å². The van der Waals surface area contributed by atoms with Gasteiger partial charge < -0.3 is 10.1 Å². The Hall–Kier alpha value is -2.22. The van der Waals surface area contributed by atoms with Crippen LogP contribution in [0.25, 0.3) is 0 Å². The first-order valence-electron chi connectivity index (χ1n) is 10.2. The van der Waals surface area contributed by atoms with Crippen molar-refractivity contribution in [1.82, 2.24) is 9.62 Å². The number of amides is 1. The molecule has 0 spiro atoms. The highest BCUT2D eigenvalue weighted by molar-refractivity contribution is 7.89. The van der Waals surface area contributed by atoms with Gasteiger partial charge in [0.15, 0.2) is 0 Å². The fourth-order valence-electron chi connectivity index (χ4n) is 2.82. The van der Waals surface area contributed by atoms with E-state index in [2.05, 4.69) is 5.32 Å². The molecule has 0 unspecified atom stereocenters. The van der Waals surface area contributed by atoms with Crippen LogP contribution in [-0.4, -0.2) is 44.4 Å². The van der Waals surface area contributed by atoms with Crippen LogP contribution < -0.4 is 5.32 Å². The van der Waals surface area contributed by atoms with Crippen molar-refractivity contribution in [1.29, 1.82) is 0 Å². The maximum atomic E-state index is 13.2. The molecule has 2 rings (SSSR count). The molecule has 0 aromatic heterocycles. The van der Waals surface area contributed by atoms with Gasteiger partial charge in [0.25, 0.3) is 0 Å². The van der Waals surface area contributed by atoms with Crippen LogP contribution in [0.5, 0.6) is 0 Å². The van der Waals surface area contributed by atoms with Gasteiger partial charge in [-0.3, -0.25) is 4.79 Å². The van der Waals surface area contributed by atoms with Gasteiger partial charge in [-0.25, -0.2) is 8.42 Å². The van der Waals surface area contributed by atoms with Crippen molar-refractivity contribution in [3.05, 3.63) is 65.2 Å². The summed E-state index contributed by atoms with van der Waals surface area (Å²) in [6.07, 6.45) is 0.817. The third-order valence-corrected chi connectivity index (χ3v) is 6.36. The third kappa shape index (κ3) is 7.55. The Labute approximate surface area is 180 Å². The lowest BCUT2D eigenvalue weighted by Crippen LogP contribution is -2.40. The largest absolute Gasteiger partial charge is 0.379 e. The fraction of sp³-hybridized carbons (Fsp3) is 0.435. The standard InChI is InChI=1S/C23H32N2O4S/c1-18(2)29-15-5-14-24-23(26)17-25(16-21-10-6-19(3)7-11-21)30(27,28)22-12-8-20(4)9-13-22/h6-13,18H,5,14-17H2,1-4H3,(H,24,26). The third-order valence-electron chi connectivity index (χ3n) is 4.55. The highest BCUT2D eigenvalue weighted by Crippen LogP contribution is 2.19. The Morgan fingerprint density at radius 2 is 1.57 bits per heavy atom. The van der Waals surface area contributed by atoms with Crippen LogP contribution in [0.1, 0.15) is 37.0 Å². The molecule has 2 aromatic rings. The van der Waals surface area contributed by atoms with Crippen molar-refractivity contribution in [2.24, 2.45) is 0 Å². The van der Waals surface area contributed by atoms with Crippen LogP contribution in [0.15, 0.2) is 53.4 Å². The van der Waals surface area contributed by atoms with Gasteiger partial charge in [0.2, 0.25) is 15.9 Å². The maximum Gasteiger partial charge on any atom is 0.243 e. The monoisotopic (exact) mass is 432 g/mol. The number of carbonyl (C=O) groups is 1. The van der Waals surface area contributed by atoms with E-state index in [1.54, 1.807) is 24.3 Å². The highest BCUT2D eigenvalue weighted by Gasteiger charge is 2.26. The second-order valence-electron chi connectivity index (χ2n) is 7.69. The van der Waals surface area contributed by atoms with E-state index in [0.29, 0.717) is 19.6 Å². The van der Waals surface area contributed by atoms with Gasteiger partial charge in [-0.05, 0) is 51.8 Å². The number of nitrogens with one attached hydrogen (secondary N) is 1. The summed E-state index contributed by atoms with van der Waals surface area (Å²) in [7, 11) is -3.82. The van der Waals surface area contributed by atoms with Crippen molar-refractivity contribution in [3.63, 3.8) is 0 Å². The van der Waals surface area contributed by atoms with Gasteiger partial charge in [-0.15, -0.1) is 0 Å². The zero-order chi connectivity index (χ0) is 22.1. The molecule has 6 nitrogen and oxygen atoms in total. The maximum absolute atomic E-state index is 13.2. The molecule has 7 heteroatoms. The number of ether oxygens (including phenoxy) is 1. The van der Waals surface area contributed by atoms with E-state index in [9.17, 15) is 13.2 Å². The summed E-state index contributed by atoms with van der Waals surface area (Å²) in [6.45, 7) is 8.66. The minimum atomic E-state index is -3.82. The molecule has 2 aromatic carbocycles. The fourth-order valence-corrected chi connectivity index (χ4v) is 4.20. The average Bonchev–Trinajstić information content (AvgIpc) is 2.69. The zero-order valence-electron chi connectivity index (χ0n) is 18.2. The van der Waals surface area contributed by atoms with Gasteiger partial charge in [0.1, 0.15) is 0 Å². The summed E-state index contributed by atoms with van der Waals surface area (Å²) in [5, 5.41) is 2.79. The molecule has 0 heterocycles. The number of sulfonamides is 1.